The van der Waals surface area contributed by atoms with Gasteiger partial charge in [-0.25, -0.2) is 4.98 Å². The van der Waals surface area contributed by atoms with Gasteiger partial charge in [0, 0.05) is 6.04 Å². The molecule has 1 saturated carbocycles. The number of fused-ring (bicyclic) bond motifs is 1. The van der Waals surface area contributed by atoms with Crippen LogP contribution in [0, 0.1) is 5.92 Å². The van der Waals surface area contributed by atoms with Gasteiger partial charge in [-0.3, -0.25) is 9.78 Å². The molecule has 0 saturated heterocycles. The molecule has 1 fully saturated rings. The fourth-order valence-electron chi connectivity index (χ4n) is 3.40. The Morgan fingerprint density at radius 2 is 1.81 bits per heavy atom. The molecule has 0 radical (unpaired) electrons. The molecule has 3 rings (SSSR count). The van der Waals surface area contributed by atoms with E-state index in [2.05, 4.69) is 22.2 Å². The van der Waals surface area contributed by atoms with Crippen molar-refractivity contribution >= 4 is 5.91 Å². The zero-order valence-corrected chi connectivity index (χ0v) is 12.9. The Bertz CT molecular complexity index is 507. The summed E-state index contributed by atoms with van der Waals surface area (Å²) in [4.78, 5) is 21.4. The number of nitrogens with zero attached hydrogens (tertiary/aromatic N) is 2. The van der Waals surface area contributed by atoms with Crippen LogP contribution in [0.15, 0.2) is 6.20 Å². The van der Waals surface area contributed by atoms with Gasteiger partial charge in [-0.1, -0.05) is 13.3 Å². The Morgan fingerprint density at radius 1 is 1.10 bits per heavy atom. The molecule has 0 spiro atoms. The molecule has 0 atom stereocenters. The van der Waals surface area contributed by atoms with Crippen molar-refractivity contribution in [2.75, 3.05) is 0 Å². The number of aryl methyl sites for hydroxylation is 2. The number of aromatic nitrogens is 2. The molecule has 1 aromatic heterocycles. The molecular weight excluding hydrogens is 262 g/mol. The predicted molar refractivity (Wildman–Crippen MR) is 82.2 cm³/mol. The third kappa shape index (κ3) is 3.60. The average Bonchev–Trinajstić information content (AvgIpc) is 2.74. The van der Waals surface area contributed by atoms with Gasteiger partial charge < -0.3 is 5.32 Å². The van der Waals surface area contributed by atoms with Crippen LogP contribution in [0.4, 0.5) is 0 Å². The van der Waals surface area contributed by atoms with E-state index in [0.717, 1.165) is 49.4 Å². The molecule has 114 valence electrons. The van der Waals surface area contributed by atoms with Gasteiger partial charge in [-0.15, -0.1) is 0 Å². The van der Waals surface area contributed by atoms with Gasteiger partial charge in [0.2, 0.25) is 0 Å². The minimum absolute atomic E-state index is 0.0471. The van der Waals surface area contributed by atoms with E-state index in [1.54, 1.807) is 6.20 Å². The zero-order chi connectivity index (χ0) is 14.7. The maximum absolute atomic E-state index is 12.4. The minimum Gasteiger partial charge on any atom is -0.348 e. The molecule has 0 aromatic carbocycles. The van der Waals surface area contributed by atoms with Gasteiger partial charge in [0.1, 0.15) is 5.69 Å². The highest BCUT2D eigenvalue weighted by Gasteiger charge is 2.21. The van der Waals surface area contributed by atoms with Crippen molar-refractivity contribution in [3.05, 3.63) is 23.3 Å². The SMILES string of the molecule is CC1CCC(NC(=O)c2cnc3c(n2)CCCCC3)CC1. The quantitative estimate of drug-likeness (QED) is 0.851. The van der Waals surface area contributed by atoms with Gasteiger partial charge in [-0.2, -0.15) is 0 Å². The van der Waals surface area contributed by atoms with Crippen molar-refractivity contribution in [2.24, 2.45) is 5.92 Å². The number of carbonyl (C=O) groups excluding carboxylic acids is 1. The first-order valence-electron chi connectivity index (χ1n) is 8.38. The van der Waals surface area contributed by atoms with Gasteiger partial charge in [-0.05, 0) is 57.3 Å². The van der Waals surface area contributed by atoms with E-state index >= 15 is 0 Å². The summed E-state index contributed by atoms with van der Waals surface area (Å²) in [5.41, 5.74) is 2.63. The van der Waals surface area contributed by atoms with E-state index in [0.29, 0.717) is 11.7 Å². The number of amides is 1. The molecule has 1 N–H and O–H groups in total. The third-order valence-electron chi connectivity index (χ3n) is 4.84. The van der Waals surface area contributed by atoms with E-state index in [1.165, 1.54) is 25.7 Å². The Labute approximate surface area is 126 Å². The molecule has 4 nitrogen and oxygen atoms in total. The highest BCUT2D eigenvalue weighted by atomic mass is 16.1. The molecule has 21 heavy (non-hydrogen) atoms. The number of hydrogen-bond acceptors (Lipinski definition) is 3. The van der Waals surface area contributed by atoms with E-state index in [4.69, 9.17) is 0 Å². The van der Waals surface area contributed by atoms with Crippen molar-refractivity contribution in [2.45, 2.75) is 70.8 Å². The third-order valence-corrected chi connectivity index (χ3v) is 4.84. The van der Waals surface area contributed by atoms with E-state index in [1.807, 2.05) is 0 Å². The summed E-state index contributed by atoms with van der Waals surface area (Å²) >= 11 is 0. The summed E-state index contributed by atoms with van der Waals surface area (Å²) in [6.07, 6.45) is 11.8. The number of rotatable bonds is 2. The first-order chi connectivity index (χ1) is 10.2. The van der Waals surface area contributed by atoms with Crippen LogP contribution in [-0.4, -0.2) is 21.9 Å². The van der Waals surface area contributed by atoms with Crippen LogP contribution < -0.4 is 5.32 Å². The fourth-order valence-corrected chi connectivity index (χ4v) is 3.40. The first-order valence-corrected chi connectivity index (χ1v) is 8.38. The number of carbonyl (C=O) groups is 1. The maximum Gasteiger partial charge on any atom is 0.271 e. The largest absolute Gasteiger partial charge is 0.348 e. The normalized spacial score (nSPS) is 25.8. The van der Waals surface area contributed by atoms with Gasteiger partial charge in [0.15, 0.2) is 0 Å². The second-order valence-corrected chi connectivity index (χ2v) is 6.64. The first kappa shape index (κ1) is 14.5. The Kier molecular flexibility index (Phi) is 4.51. The predicted octanol–water partition coefficient (Wildman–Crippen LogP) is 3.05. The highest BCUT2D eigenvalue weighted by Crippen LogP contribution is 2.23. The monoisotopic (exact) mass is 287 g/mol. The minimum atomic E-state index is -0.0471. The van der Waals surface area contributed by atoms with Crippen LogP contribution in [0.3, 0.4) is 0 Å². The van der Waals surface area contributed by atoms with Crippen molar-refractivity contribution in [1.29, 1.82) is 0 Å². The summed E-state index contributed by atoms with van der Waals surface area (Å²) in [6, 6.07) is 0.314. The summed E-state index contributed by atoms with van der Waals surface area (Å²) in [6.45, 7) is 2.29. The lowest BCUT2D eigenvalue weighted by molar-refractivity contribution is 0.0917. The number of nitrogens with one attached hydrogen (secondary N) is 1. The van der Waals surface area contributed by atoms with E-state index < -0.39 is 0 Å². The zero-order valence-electron chi connectivity index (χ0n) is 12.9. The molecule has 1 heterocycles. The summed E-state index contributed by atoms with van der Waals surface area (Å²) in [5.74, 6) is 0.750. The van der Waals surface area contributed by atoms with Gasteiger partial charge >= 0.3 is 0 Å². The summed E-state index contributed by atoms with van der Waals surface area (Å²) in [5, 5.41) is 3.14. The van der Waals surface area contributed by atoms with Crippen molar-refractivity contribution in [3.63, 3.8) is 0 Å². The smallest absolute Gasteiger partial charge is 0.271 e. The molecule has 0 unspecified atom stereocenters. The van der Waals surface area contributed by atoms with Crippen molar-refractivity contribution in [3.8, 4) is 0 Å². The Morgan fingerprint density at radius 3 is 2.57 bits per heavy atom. The van der Waals surface area contributed by atoms with Crippen LogP contribution in [0.25, 0.3) is 0 Å². The van der Waals surface area contributed by atoms with E-state index in [9.17, 15) is 4.79 Å². The van der Waals surface area contributed by atoms with Gasteiger partial charge in [0.05, 0.1) is 17.6 Å². The Balaban J connectivity index is 1.66. The highest BCUT2D eigenvalue weighted by molar-refractivity contribution is 5.92. The molecule has 1 amide bonds. The lowest BCUT2D eigenvalue weighted by atomic mass is 9.87. The van der Waals surface area contributed by atoms with Crippen LogP contribution in [-0.2, 0) is 12.8 Å². The molecule has 2 aliphatic rings. The standard InChI is InChI=1S/C17H25N3O/c1-12-7-9-13(10-8-12)19-17(21)16-11-18-14-5-3-2-4-6-15(14)20-16/h11-13H,2-10H2,1H3,(H,19,21). The molecule has 1 aromatic rings. The van der Waals surface area contributed by atoms with E-state index in [-0.39, 0.29) is 5.91 Å². The maximum atomic E-state index is 12.4. The average molecular weight is 287 g/mol. The second kappa shape index (κ2) is 6.54. The van der Waals surface area contributed by atoms with Crippen LogP contribution in [0.5, 0.6) is 0 Å². The molecule has 2 aliphatic carbocycles. The van der Waals surface area contributed by atoms with Gasteiger partial charge in [0.25, 0.3) is 5.91 Å². The van der Waals surface area contributed by atoms with Crippen molar-refractivity contribution < 1.29 is 4.79 Å². The summed E-state index contributed by atoms with van der Waals surface area (Å²) in [7, 11) is 0. The lowest BCUT2D eigenvalue weighted by Gasteiger charge is -2.26. The summed E-state index contributed by atoms with van der Waals surface area (Å²) < 4.78 is 0. The molecule has 4 heteroatoms. The molecular formula is C17H25N3O. The molecule has 0 aliphatic heterocycles. The van der Waals surface area contributed by atoms with Crippen LogP contribution in [0.1, 0.15) is 73.7 Å². The van der Waals surface area contributed by atoms with Crippen LogP contribution >= 0.6 is 0 Å². The fraction of sp³-hybridized carbons (Fsp3) is 0.706. The van der Waals surface area contributed by atoms with Crippen LogP contribution in [0.2, 0.25) is 0 Å². The number of hydrogen-bond donors (Lipinski definition) is 1. The van der Waals surface area contributed by atoms with Crippen molar-refractivity contribution in [1.82, 2.24) is 15.3 Å². The topological polar surface area (TPSA) is 54.9 Å². The molecule has 0 bridgehead atoms. The second-order valence-electron chi connectivity index (χ2n) is 6.64. The Hall–Kier alpha value is -1.45. The lowest BCUT2D eigenvalue weighted by Crippen LogP contribution is -2.37.